The molecule has 242 valence electrons. The topological polar surface area (TPSA) is 96.0 Å². The lowest BCUT2D eigenvalue weighted by Crippen LogP contribution is -2.53. The van der Waals surface area contributed by atoms with Gasteiger partial charge in [0.1, 0.15) is 18.3 Å². The summed E-state index contributed by atoms with van der Waals surface area (Å²) in [5, 5.41) is 3.77. The number of halogens is 3. The number of anilines is 1. The summed E-state index contributed by atoms with van der Waals surface area (Å²) in [5.41, 5.74) is 1.49. The van der Waals surface area contributed by atoms with Gasteiger partial charge in [-0.2, -0.15) is 0 Å². The van der Waals surface area contributed by atoms with Crippen molar-refractivity contribution in [1.82, 2.24) is 10.2 Å². The predicted octanol–water partition coefficient (Wildman–Crippen LogP) is 7.02. The summed E-state index contributed by atoms with van der Waals surface area (Å²) in [4.78, 5) is 29.6. The number of sulfonamides is 1. The molecule has 0 aliphatic carbocycles. The standard InChI is InChI=1S/C34H34Cl3N3O5S/c1-3-18-38-34(42)31(19-24-10-6-4-7-11-24)39(22-25-14-15-26(35)20-29(25)36)33(41)23-40(27-16-17-32(45-2)30(37)21-27)46(43,44)28-12-8-5-9-13-28/h4-17,20-21,31H,3,18-19,22-23H2,1-2H3,(H,38,42)/t31-/m0/s1. The molecule has 0 unspecified atom stereocenters. The molecule has 0 fully saturated rings. The first kappa shape index (κ1) is 35.1. The van der Waals surface area contributed by atoms with Crippen LogP contribution in [0.3, 0.4) is 0 Å². The maximum atomic E-state index is 14.5. The normalized spacial score (nSPS) is 11.8. The maximum absolute atomic E-state index is 14.5. The van der Waals surface area contributed by atoms with Crippen LogP contribution in [0.15, 0.2) is 102 Å². The molecule has 1 N–H and O–H groups in total. The molecule has 0 heterocycles. The first-order chi connectivity index (χ1) is 22.0. The van der Waals surface area contributed by atoms with Crippen LogP contribution in [0.1, 0.15) is 24.5 Å². The smallest absolute Gasteiger partial charge is 0.264 e. The highest BCUT2D eigenvalue weighted by Gasteiger charge is 2.35. The second-order valence-electron chi connectivity index (χ2n) is 10.4. The zero-order chi connectivity index (χ0) is 33.3. The number of carbonyl (C=O) groups is 2. The van der Waals surface area contributed by atoms with Crippen molar-refractivity contribution in [1.29, 1.82) is 0 Å². The van der Waals surface area contributed by atoms with Crippen molar-refractivity contribution in [2.75, 3.05) is 24.5 Å². The molecule has 0 saturated carbocycles. The molecule has 4 aromatic carbocycles. The molecule has 0 radical (unpaired) electrons. The third kappa shape index (κ3) is 8.73. The summed E-state index contributed by atoms with van der Waals surface area (Å²) in [6, 6.07) is 25.4. The second-order valence-corrected chi connectivity index (χ2v) is 13.5. The Morgan fingerprint density at radius 1 is 0.870 bits per heavy atom. The molecule has 0 saturated heterocycles. The van der Waals surface area contributed by atoms with E-state index < -0.39 is 28.5 Å². The van der Waals surface area contributed by atoms with Crippen molar-refractivity contribution in [2.24, 2.45) is 0 Å². The Labute approximate surface area is 284 Å². The van der Waals surface area contributed by atoms with Crippen molar-refractivity contribution in [2.45, 2.75) is 37.2 Å². The lowest BCUT2D eigenvalue weighted by Gasteiger charge is -2.34. The summed E-state index contributed by atoms with van der Waals surface area (Å²) >= 11 is 19.1. The van der Waals surface area contributed by atoms with Gasteiger partial charge in [0.05, 0.1) is 22.7 Å². The summed E-state index contributed by atoms with van der Waals surface area (Å²) in [6.07, 6.45) is 0.856. The number of ether oxygens (including phenoxy) is 1. The van der Waals surface area contributed by atoms with Crippen molar-refractivity contribution in [3.8, 4) is 5.75 Å². The van der Waals surface area contributed by atoms with E-state index in [0.717, 1.165) is 9.87 Å². The molecule has 0 spiro atoms. The first-order valence-electron chi connectivity index (χ1n) is 14.5. The largest absolute Gasteiger partial charge is 0.495 e. The fourth-order valence-corrected chi connectivity index (χ4v) is 6.96. The van der Waals surface area contributed by atoms with Gasteiger partial charge < -0.3 is 15.0 Å². The van der Waals surface area contributed by atoms with Crippen molar-refractivity contribution < 1.29 is 22.7 Å². The number of benzene rings is 4. The molecule has 1 atom stereocenters. The SMILES string of the molecule is CCCNC(=O)[C@H](Cc1ccccc1)N(Cc1ccc(Cl)cc1Cl)C(=O)CN(c1ccc(OC)c(Cl)c1)S(=O)(=O)c1ccccc1. The van der Waals surface area contributed by atoms with Crippen molar-refractivity contribution in [3.05, 3.63) is 123 Å². The third-order valence-electron chi connectivity index (χ3n) is 7.21. The number of nitrogens with zero attached hydrogens (tertiary/aromatic N) is 2. The van der Waals surface area contributed by atoms with Crippen LogP contribution in [0.25, 0.3) is 0 Å². The van der Waals surface area contributed by atoms with Gasteiger partial charge in [-0.05, 0) is 60.0 Å². The van der Waals surface area contributed by atoms with Crippen LogP contribution < -0.4 is 14.4 Å². The Balaban J connectivity index is 1.83. The van der Waals surface area contributed by atoms with Crippen molar-refractivity contribution >= 4 is 62.3 Å². The van der Waals surface area contributed by atoms with E-state index in [9.17, 15) is 18.0 Å². The van der Waals surface area contributed by atoms with Gasteiger partial charge in [-0.3, -0.25) is 13.9 Å². The molecular weight excluding hydrogens is 669 g/mol. The monoisotopic (exact) mass is 701 g/mol. The van der Waals surface area contributed by atoms with Crippen LogP contribution in [0.2, 0.25) is 15.1 Å². The molecule has 0 bridgehead atoms. The van der Waals surface area contributed by atoms with E-state index in [0.29, 0.717) is 34.3 Å². The van der Waals surface area contributed by atoms with E-state index in [4.69, 9.17) is 39.5 Å². The van der Waals surface area contributed by atoms with E-state index in [-0.39, 0.29) is 34.5 Å². The van der Waals surface area contributed by atoms with Crippen molar-refractivity contribution in [3.63, 3.8) is 0 Å². The van der Waals surface area contributed by atoms with Crippen LogP contribution in [-0.4, -0.2) is 51.4 Å². The summed E-state index contributed by atoms with van der Waals surface area (Å²) < 4.78 is 34.5. The van der Waals surface area contributed by atoms with Crippen LogP contribution in [0, 0.1) is 0 Å². The molecule has 4 rings (SSSR count). The maximum Gasteiger partial charge on any atom is 0.264 e. The minimum absolute atomic E-state index is 0.0245. The van der Waals surface area contributed by atoms with E-state index in [1.54, 1.807) is 36.4 Å². The van der Waals surface area contributed by atoms with E-state index in [1.165, 1.54) is 42.3 Å². The Morgan fingerprint density at radius 3 is 2.15 bits per heavy atom. The molecule has 0 aliphatic heterocycles. The number of amides is 2. The highest BCUT2D eigenvalue weighted by molar-refractivity contribution is 7.92. The predicted molar refractivity (Wildman–Crippen MR) is 183 cm³/mol. The van der Waals surface area contributed by atoms with Gasteiger partial charge in [0.25, 0.3) is 10.0 Å². The first-order valence-corrected chi connectivity index (χ1v) is 17.1. The number of carbonyl (C=O) groups excluding carboxylic acids is 2. The van der Waals surface area contributed by atoms with Gasteiger partial charge in [0.2, 0.25) is 11.8 Å². The summed E-state index contributed by atoms with van der Waals surface area (Å²) in [5.74, 6) is -0.678. The molecule has 0 aromatic heterocycles. The summed E-state index contributed by atoms with van der Waals surface area (Å²) in [6.45, 7) is 1.59. The van der Waals surface area contributed by atoms with Crippen LogP contribution in [-0.2, 0) is 32.6 Å². The minimum Gasteiger partial charge on any atom is -0.495 e. The molecule has 2 amide bonds. The van der Waals surface area contributed by atoms with Crippen LogP contribution in [0.4, 0.5) is 5.69 Å². The Bertz CT molecular complexity index is 1760. The Morgan fingerprint density at radius 2 is 1.54 bits per heavy atom. The van der Waals surface area contributed by atoms with E-state index >= 15 is 0 Å². The van der Waals surface area contributed by atoms with Gasteiger partial charge in [-0.15, -0.1) is 0 Å². The highest BCUT2D eigenvalue weighted by atomic mass is 35.5. The quantitative estimate of drug-likeness (QED) is 0.153. The van der Waals surface area contributed by atoms with E-state index in [1.807, 2.05) is 37.3 Å². The fourth-order valence-electron chi connectivity index (χ4n) is 4.81. The van der Waals surface area contributed by atoms with Crippen LogP contribution >= 0.6 is 34.8 Å². The van der Waals surface area contributed by atoms with Gasteiger partial charge in [-0.25, -0.2) is 8.42 Å². The number of hydrogen-bond donors (Lipinski definition) is 1. The number of methoxy groups -OCH3 is 1. The number of nitrogens with one attached hydrogen (secondary N) is 1. The summed E-state index contributed by atoms with van der Waals surface area (Å²) in [7, 11) is -2.84. The zero-order valence-corrected chi connectivity index (χ0v) is 28.4. The lowest BCUT2D eigenvalue weighted by molar-refractivity contribution is -0.140. The Hall–Kier alpha value is -3.76. The van der Waals surface area contributed by atoms with E-state index in [2.05, 4.69) is 5.32 Å². The third-order valence-corrected chi connectivity index (χ3v) is 9.88. The average Bonchev–Trinajstić information content (AvgIpc) is 3.05. The molecule has 12 heteroatoms. The zero-order valence-electron chi connectivity index (χ0n) is 25.3. The lowest BCUT2D eigenvalue weighted by atomic mass is 10.0. The molecule has 8 nitrogen and oxygen atoms in total. The number of hydrogen-bond acceptors (Lipinski definition) is 5. The Kier molecular flexibility index (Phi) is 12.3. The molecule has 46 heavy (non-hydrogen) atoms. The van der Waals surface area contributed by atoms with Crippen LogP contribution in [0.5, 0.6) is 5.75 Å². The van der Waals surface area contributed by atoms with Gasteiger partial charge in [0, 0.05) is 29.6 Å². The van der Waals surface area contributed by atoms with Gasteiger partial charge in [0.15, 0.2) is 0 Å². The molecular formula is C34H34Cl3N3O5S. The second kappa shape index (κ2) is 16.2. The number of rotatable bonds is 14. The van der Waals surface area contributed by atoms with Gasteiger partial charge in [-0.1, -0.05) is 96.3 Å². The molecule has 0 aliphatic rings. The highest BCUT2D eigenvalue weighted by Crippen LogP contribution is 2.32. The average molecular weight is 703 g/mol. The molecule has 4 aromatic rings. The fraction of sp³-hybridized carbons (Fsp3) is 0.235. The minimum atomic E-state index is -4.28. The van der Waals surface area contributed by atoms with Gasteiger partial charge >= 0.3 is 0 Å².